The molecule has 0 spiro atoms. The van der Waals surface area contributed by atoms with E-state index in [1.54, 1.807) is 13.8 Å². The van der Waals surface area contributed by atoms with Gasteiger partial charge in [-0.2, -0.15) is 21.6 Å². The van der Waals surface area contributed by atoms with E-state index < -0.39 is 21.7 Å². The van der Waals surface area contributed by atoms with Crippen molar-refractivity contribution in [2.45, 2.75) is 44.7 Å². The molecule has 14 heavy (non-hydrogen) atoms. The Balaban J connectivity index is 4.49. The molecule has 0 amide bonds. The van der Waals surface area contributed by atoms with Crippen molar-refractivity contribution in [1.82, 2.24) is 0 Å². The lowest BCUT2D eigenvalue weighted by atomic mass is 10.2. The van der Waals surface area contributed by atoms with E-state index in [9.17, 15) is 21.6 Å². The lowest BCUT2D eigenvalue weighted by Crippen LogP contribution is -2.29. The molecule has 0 bridgehead atoms. The molecule has 0 fully saturated rings. The maximum Gasteiger partial charge on any atom is 0.523 e. The molecule has 0 radical (unpaired) electrons. The highest BCUT2D eigenvalue weighted by atomic mass is 32.2. The molecule has 0 aliphatic heterocycles. The average Bonchev–Trinajstić information content (AvgIpc) is 2.01. The third-order valence-electron chi connectivity index (χ3n) is 1.61. The molecule has 7 heteroatoms. The molecule has 0 aromatic carbocycles. The Kier molecular flexibility index (Phi) is 4.87. The Labute approximate surface area is 81.4 Å². The van der Waals surface area contributed by atoms with Crippen LogP contribution in [0.3, 0.4) is 0 Å². The zero-order valence-electron chi connectivity index (χ0n) is 7.97. The maximum absolute atomic E-state index is 11.9. The lowest BCUT2D eigenvalue weighted by Gasteiger charge is -2.15. The number of hydrogen-bond donors (Lipinski definition) is 0. The van der Waals surface area contributed by atoms with Crippen LogP contribution >= 0.6 is 0 Å². The van der Waals surface area contributed by atoms with Crippen LogP contribution in [0.25, 0.3) is 0 Å². The molecule has 0 saturated carbocycles. The van der Waals surface area contributed by atoms with Gasteiger partial charge in [0.15, 0.2) is 0 Å². The maximum atomic E-state index is 11.9. The van der Waals surface area contributed by atoms with E-state index in [2.05, 4.69) is 4.18 Å². The van der Waals surface area contributed by atoms with Crippen LogP contribution in [-0.2, 0) is 14.3 Å². The summed E-state index contributed by atoms with van der Waals surface area (Å²) in [6.07, 6.45) is 0.229. The second kappa shape index (κ2) is 4.97. The lowest BCUT2D eigenvalue weighted by molar-refractivity contribution is -0.0577. The SMILES string of the molecule is CCCC(CC)OS(=O)(=O)C(F)(F)F. The fourth-order valence-electron chi connectivity index (χ4n) is 0.876. The molecule has 0 heterocycles. The molecule has 1 unspecified atom stereocenters. The summed E-state index contributed by atoms with van der Waals surface area (Å²) in [6.45, 7) is 3.32. The first-order valence-corrected chi connectivity index (χ1v) is 5.65. The number of hydrogen-bond acceptors (Lipinski definition) is 3. The van der Waals surface area contributed by atoms with Crippen molar-refractivity contribution in [3.05, 3.63) is 0 Å². The van der Waals surface area contributed by atoms with Crippen molar-refractivity contribution in [2.75, 3.05) is 0 Å². The minimum absolute atomic E-state index is 0.239. The second-order valence-corrected chi connectivity index (χ2v) is 4.38. The number of alkyl halides is 3. The Morgan fingerprint density at radius 3 is 2.07 bits per heavy atom. The van der Waals surface area contributed by atoms with E-state index in [1.807, 2.05) is 0 Å². The normalized spacial score (nSPS) is 15.5. The zero-order chi connectivity index (χ0) is 11.4. The van der Waals surface area contributed by atoms with Gasteiger partial charge in [0.05, 0.1) is 6.10 Å². The second-order valence-electron chi connectivity index (χ2n) is 2.82. The minimum Gasteiger partial charge on any atom is -0.260 e. The first kappa shape index (κ1) is 13.7. The Hall–Kier alpha value is -0.300. The van der Waals surface area contributed by atoms with Crippen molar-refractivity contribution >= 4 is 10.1 Å². The largest absolute Gasteiger partial charge is 0.523 e. The molecular formula is C7H13F3O3S. The summed E-state index contributed by atoms with van der Waals surface area (Å²) in [7, 11) is -5.43. The topological polar surface area (TPSA) is 43.4 Å². The Morgan fingerprint density at radius 2 is 1.79 bits per heavy atom. The fraction of sp³-hybridized carbons (Fsp3) is 1.00. The van der Waals surface area contributed by atoms with E-state index in [1.165, 1.54) is 0 Å². The standard InChI is InChI=1S/C7H13F3O3S/c1-3-5-6(4-2)13-14(11,12)7(8,9)10/h6H,3-5H2,1-2H3. The quantitative estimate of drug-likeness (QED) is 0.542. The number of rotatable bonds is 5. The van der Waals surface area contributed by atoms with Gasteiger partial charge in [0.25, 0.3) is 0 Å². The van der Waals surface area contributed by atoms with Crippen LogP contribution in [0.1, 0.15) is 33.1 Å². The van der Waals surface area contributed by atoms with Gasteiger partial charge in [-0.1, -0.05) is 20.3 Å². The van der Waals surface area contributed by atoms with Gasteiger partial charge in [-0.3, -0.25) is 4.18 Å². The molecule has 0 saturated heterocycles. The first-order valence-electron chi connectivity index (χ1n) is 4.24. The predicted octanol–water partition coefficient (Wildman–Crippen LogP) is 2.43. The van der Waals surface area contributed by atoms with Crippen molar-refractivity contribution < 1.29 is 25.8 Å². The van der Waals surface area contributed by atoms with Crippen molar-refractivity contribution in [3.8, 4) is 0 Å². The molecule has 0 N–H and O–H groups in total. The highest BCUT2D eigenvalue weighted by Crippen LogP contribution is 2.27. The van der Waals surface area contributed by atoms with Gasteiger partial charge in [0.1, 0.15) is 0 Å². The van der Waals surface area contributed by atoms with Crippen LogP contribution in [0.4, 0.5) is 13.2 Å². The van der Waals surface area contributed by atoms with Crippen LogP contribution in [0.5, 0.6) is 0 Å². The summed E-state index contributed by atoms with van der Waals surface area (Å²) in [5.74, 6) is 0. The monoisotopic (exact) mass is 234 g/mol. The van der Waals surface area contributed by atoms with E-state index in [0.717, 1.165) is 0 Å². The van der Waals surface area contributed by atoms with Crippen molar-refractivity contribution in [1.29, 1.82) is 0 Å². The van der Waals surface area contributed by atoms with Gasteiger partial charge in [0, 0.05) is 0 Å². The zero-order valence-corrected chi connectivity index (χ0v) is 8.78. The minimum atomic E-state index is -5.43. The summed E-state index contributed by atoms with van der Waals surface area (Å²) in [6, 6.07) is 0. The molecule has 0 aromatic rings. The third-order valence-corrected chi connectivity index (χ3v) is 2.70. The average molecular weight is 234 g/mol. The Morgan fingerprint density at radius 1 is 1.29 bits per heavy atom. The van der Waals surface area contributed by atoms with Crippen LogP contribution in [0.15, 0.2) is 0 Å². The summed E-state index contributed by atoms with van der Waals surface area (Å²) in [4.78, 5) is 0. The molecule has 86 valence electrons. The summed E-state index contributed by atoms with van der Waals surface area (Å²) >= 11 is 0. The van der Waals surface area contributed by atoms with Gasteiger partial charge < -0.3 is 0 Å². The van der Waals surface area contributed by atoms with E-state index >= 15 is 0 Å². The van der Waals surface area contributed by atoms with Gasteiger partial charge >= 0.3 is 15.6 Å². The Bertz CT molecular complexity index is 258. The van der Waals surface area contributed by atoms with Crippen LogP contribution in [0, 0.1) is 0 Å². The van der Waals surface area contributed by atoms with Crippen LogP contribution in [0.2, 0.25) is 0 Å². The van der Waals surface area contributed by atoms with Gasteiger partial charge in [-0.05, 0) is 12.8 Å². The van der Waals surface area contributed by atoms with Crippen LogP contribution in [-0.4, -0.2) is 20.0 Å². The van der Waals surface area contributed by atoms with Gasteiger partial charge in [-0.25, -0.2) is 0 Å². The van der Waals surface area contributed by atoms with Crippen LogP contribution < -0.4 is 0 Å². The summed E-state index contributed by atoms with van der Waals surface area (Å²) in [5, 5.41) is 0. The smallest absolute Gasteiger partial charge is 0.260 e. The summed E-state index contributed by atoms with van der Waals surface area (Å²) in [5.41, 5.74) is -5.33. The predicted molar refractivity (Wildman–Crippen MR) is 45.0 cm³/mol. The van der Waals surface area contributed by atoms with Crippen molar-refractivity contribution in [2.24, 2.45) is 0 Å². The molecule has 1 atom stereocenters. The molecule has 3 nitrogen and oxygen atoms in total. The van der Waals surface area contributed by atoms with Crippen molar-refractivity contribution in [3.63, 3.8) is 0 Å². The van der Waals surface area contributed by atoms with E-state index in [-0.39, 0.29) is 6.42 Å². The van der Waals surface area contributed by atoms with E-state index in [0.29, 0.717) is 12.8 Å². The highest BCUT2D eigenvalue weighted by molar-refractivity contribution is 7.87. The van der Waals surface area contributed by atoms with E-state index in [4.69, 9.17) is 0 Å². The van der Waals surface area contributed by atoms with Gasteiger partial charge in [0.2, 0.25) is 0 Å². The van der Waals surface area contributed by atoms with Gasteiger partial charge in [-0.15, -0.1) is 0 Å². The molecule has 0 rings (SSSR count). The fourth-order valence-corrected chi connectivity index (χ4v) is 1.58. The first-order chi connectivity index (χ1) is 6.24. The number of halogens is 3. The molecule has 0 aliphatic carbocycles. The highest BCUT2D eigenvalue weighted by Gasteiger charge is 2.48. The summed E-state index contributed by atoms with van der Waals surface area (Å²) < 4.78 is 60.7. The molecule has 0 aliphatic rings. The molecule has 0 aromatic heterocycles. The third kappa shape index (κ3) is 3.83. The molecular weight excluding hydrogens is 221 g/mol.